The molecule has 0 atom stereocenters. The van der Waals surface area contributed by atoms with Crippen LogP contribution in [0.4, 0.5) is 27.5 Å². The fourth-order valence-electron chi connectivity index (χ4n) is 9.44. The maximum absolute atomic E-state index is 15.7. The maximum Gasteiger partial charge on any atom is 0.338 e. The summed E-state index contributed by atoms with van der Waals surface area (Å²) in [6, 6.07) is 38.9. The Morgan fingerprint density at radius 1 is 0.560 bits per heavy atom. The van der Waals surface area contributed by atoms with Gasteiger partial charge in [-0.1, -0.05) is 124 Å². The Kier molecular flexibility index (Phi) is 5.55. The predicted molar refractivity (Wildman–Crippen MR) is 213 cm³/mol. The molecule has 6 aromatic carbocycles. The van der Waals surface area contributed by atoms with Crippen LogP contribution in [0.25, 0.3) is 31.8 Å². The van der Waals surface area contributed by atoms with Crippen molar-refractivity contribution in [3.8, 4) is 0 Å². The molecule has 3 aliphatic rings. The average molecular weight is 660 g/mol. The van der Waals surface area contributed by atoms with E-state index in [1.54, 1.807) is 0 Å². The number of anilines is 4. The van der Waals surface area contributed by atoms with Gasteiger partial charge in [-0.3, -0.25) is 9.80 Å². The zero-order chi connectivity index (χ0) is 33.6. The SMILES string of the molecule is Cc1cccc(C)c1B1c2ccc3ccc4c5c3c2N(C(=O)N5c2c(sc3ccccc23)B4c2c(C)cccc2C)c2c1oc1ccccc21. The lowest BCUT2D eigenvalue weighted by molar-refractivity contribution is 0.255. The van der Waals surface area contributed by atoms with Crippen LogP contribution in [0.1, 0.15) is 22.3 Å². The molecule has 0 N–H and O–H groups in total. The molecule has 2 amide bonds. The Hall–Kier alpha value is -5.52. The first-order valence-electron chi connectivity index (χ1n) is 17.3. The molecule has 0 unspecified atom stereocenters. The van der Waals surface area contributed by atoms with E-state index >= 15 is 4.79 Å². The number of rotatable bonds is 2. The Morgan fingerprint density at radius 2 is 1.12 bits per heavy atom. The first-order valence-corrected chi connectivity index (χ1v) is 18.1. The number of carbonyl (C=O) groups is 1. The fraction of sp³-hybridized carbons (Fsp3) is 0.0930. The molecule has 0 spiro atoms. The molecule has 2 aromatic heterocycles. The van der Waals surface area contributed by atoms with Gasteiger partial charge < -0.3 is 4.42 Å². The summed E-state index contributed by atoms with van der Waals surface area (Å²) in [5.74, 6) is 0. The Bertz CT molecular complexity index is 2610. The van der Waals surface area contributed by atoms with Crippen LogP contribution in [0.3, 0.4) is 0 Å². The molecule has 0 aliphatic carbocycles. The largest absolute Gasteiger partial charge is 0.468 e. The summed E-state index contributed by atoms with van der Waals surface area (Å²) in [6.07, 6.45) is 0. The maximum atomic E-state index is 15.7. The van der Waals surface area contributed by atoms with E-state index in [1.165, 1.54) is 48.1 Å². The third kappa shape index (κ3) is 3.41. The normalized spacial score (nSPS) is 14.3. The molecule has 0 fully saturated rings. The van der Waals surface area contributed by atoms with Gasteiger partial charge in [-0.15, -0.1) is 11.3 Å². The smallest absolute Gasteiger partial charge is 0.338 e. The zero-order valence-corrected chi connectivity index (χ0v) is 29.0. The summed E-state index contributed by atoms with van der Waals surface area (Å²) in [4.78, 5) is 19.8. The zero-order valence-electron chi connectivity index (χ0n) is 28.2. The lowest BCUT2D eigenvalue weighted by Gasteiger charge is -2.45. The summed E-state index contributed by atoms with van der Waals surface area (Å²) in [5.41, 5.74) is 15.3. The van der Waals surface area contributed by atoms with Crippen molar-refractivity contribution in [2.45, 2.75) is 27.7 Å². The first kappa shape index (κ1) is 28.3. The standard InChI is InChI=1S/C43H30B2N2O2S/c1-23-11-9-12-24(2)35(23)44-30-21-19-27-20-22-31-40-34(27)39(30)46(37-28-15-5-7-17-32(28)49-41(37)44)43(48)47(40)38-29-16-6-8-18-33(29)50-42(38)45(31)36-25(3)13-10-14-26(36)4/h5-22H,1-4H3. The molecule has 50 heavy (non-hydrogen) atoms. The lowest BCUT2D eigenvalue weighted by Crippen LogP contribution is -2.64. The van der Waals surface area contributed by atoms with Crippen LogP contribution in [-0.4, -0.2) is 19.5 Å². The number of fused-ring (bicyclic) bond motifs is 8. The van der Waals surface area contributed by atoms with E-state index in [1.807, 2.05) is 34.4 Å². The Labute approximate surface area is 294 Å². The van der Waals surface area contributed by atoms with E-state index in [0.29, 0.717) is 0 Å². The van der Waals surface area contributed by atoms with Gasteiger partial charge in [0.15, 0.2) is 0 Å². The second-order valence-corrected chi connectivity index (χ2v) is 15.2. The van der Waals surface area contributed by atoms with Crippen molar-refractivity contribution in [3.05, 3.63) is 131 Å². The van der Waals surface area contributed by atoms with Gasteiger partial charge in [0.2, 0.25) is 0 Å². The van der Waals surface area contributed by atoms with Crippen molar-refractivity contribution in [1.29, 1.82) is 0 Å². The third-order valence-corrected chi connectivity index (χ3v) is 12.7. The highest BCUT2D eigenvalue weighted by atomic mass is 32.1. The monoisotopic (exact) mass is 660 g/mol. The minimum atomic E-state index is -0.167. The summed E-state index contributed by atoms with van der Waals surface area (Å²) in [6.45, 7) is 8.67. The molecule has 11 rings (SSSR count). The van der Waals surface area contributed by atoms with Crippen LogP contribution in [0, 0.1) is 27.7 Å². The van der Waals surface area contributed by atoms with Gasteiger partial charge in [-0.05, 0) is 62.2 Å². The lowest BCUT2D eigenvalue weighted by atomic mass is 9.35. The number of hydrogen-bond acceptors (Lipinski definition) is 3. The molecular weight excluding hydrogens is 630 g/mol. The van der Waals surface area contributed by atoms with E-state index in [0.717, 1.165) is 61.0 Å². The van der Waals surface area contributed by atoms with E-state index in [4.69, 9.17) is 4.42 Å². The highest BCUT2D eigenvalue weighted by Gasteiger charge is 2.51. The Morgan fingerprint density at radius 3 is 1.80 bits per heavy atom. The quantitative estimate of drug-likeness (QED) is 0.186. The number of furan rings is 1. The molecule has 3 aliphatic heterocycles. The molecule has 4 nitrogen and oxygen atoms in total. The van der Waals surface area contributed by atoms with E-state index in [2.05, 4.69) is 124 Å². The van der Waals surface area contributed by atoms with Gasteiger partial charge in [0.25, 0.3) is 13.4 Å². The molecule has 236 valence electrons. The highest BCUT2D eigenvalue weighted by molar-refractivity contribution is 7.33. The van der Waals surface area contributed by atoms with Gasteiger partial charge in [-0.2, -0.15) is 0 Å². The Balaban J connectivity index is 1.33. The molecule has 0 bridgehead atoms. The summed E-state index contributed by atoms with van der Waals surface area (Å²) in [7, 11) is 0. The van der Waals surface area contributed by atoms with Crippen molar-refractivity contribution >= 4 is 118 Å². The fourth-order valence-corrected chi connectivity index (χ4v) is 10.8. The first-order chi connectivity index (χ1) is 24.4. The van der Waals surface area contributed by atoms with E-state index in [9.17, 15) is 0 Å². The van der Waals surface area contributed by atoms with Gasteiger partial charge in [0.05, 0.1) is 28.4 Å². The molecule has 8 aromatic rings. The average Bonchev–Trinajstić information content (AvgIpc) is 3.69. The number of nitrogens with zero attached hydrogens (tertiary/aromatic N) is 2. The van der Waals surface area contributed by atoms with Gasteiger partial charge in [0.1, 0.15) is 5.58 Å². The number of thiophene rings is 1. The van der Waals surface area contributed by atoms with Gasteiger partial charge >= 0.3 is 6.03 Å². The van der Waals surface area contributed by atoms with E-state index in [-0.39, 0.29) is 19.5 Å². The molecular formula is C43H30B2N2O2S. The number of carbonyl (C=O) groups excluding carboxylic acids is 1. The minimum absolute atomic E-state index is 0.00206. The molecule has 5 heterocycles. The van der Waals surface area contributed by atoms with E-state index < -0.39 is 0 Å². The second-order valence-electron chi connectivity index (χ2n) is 14.2. The topological polar surface area (TPSA) is 36.7 Å². The summed E-state index contributed by atoms with van der Waals surface area (Å²) >= 11 is 1.82. The van der Waals surface area contributed by atoms with Crippen molar-refractivity contribution in [2.24, 2.45) is 0 Å². The molecule has 7 heteroatoms. The third-order valence-electron chi connectivity index (χ3n) is 11.5. The van der Waals surface area contributed by atoms with Crippen LogP contribution in [0.5, 0.6) is 0 Å². The van der Waals surface area contributed by atoms with Gasteiger partial charge in [0, 0.05) is 25.6 Å². The number of aryl methyl sites for hydroxylation is 4. The molecule has 0 radical (unpaired) electrons. The van der Waals surface area contributed by atoms with Crippen LogP contribution in [0.15, 0.2) is 114 Å². The summed E-state index contributed by atoms with van der Waals surface area (Å²) < 4.78 is 9.26. The van der Waals surface area contributed by atoms with Crippen molar-refractivity contribution in [1.82, 2.24) is 0 Å². The molecule has 0 saturated carbocycles. The van der Waals surface area contributed by atoms with Crippen molar-refractivity contribution < 1.29 is 9.21 Å². The van der Waals surface area contributed by atoms with Crippen LogP contribution < -0.4 is 42.1 Å². The number of para-hydroxylation sites is 1. The number of urea groups is 1. The van der Waals surface area contributed by atoms with Crippen LogP contribution in [0.2, 0.25) is 0 Å². The molecule has 0 saturated heterocycles. The predicted octanol–water partition coefficient (Wildman–Crippen LogP) is 7.10. The van der Waals surface area contributed by atoms with Crippen LogP contribution in [-0.2, 0) is 0 Å². The highest BCUT2D eigenvalue weighted by Crippen LogP contribution is 2.51. The summed E-state index contributed by atoms with van der Waals surface area (Å²) in [5, 5.41) is 4.32. The number of hydrogen-bond donors (Lipinski definition) is 0. The second kappa shape index (κ2) is 9.80. The van der Waals surface area contributed by atoms with Crippen molar-refractivity contribution in [3.63, 3.8) is 0 Å². The minimum Gasteiger partial charge on any atom is -0.468 e. The van der Waals surface area contributed by atoms with Gasteiger partial charge in [-0.25, -0.2) is 4.79 Å². The van der Waals surface area contributed by atoms with Crippen LogP contribution >= 0.6 is 11.3 Å². The van der Waals surface area contributed by atoms with Crippen molar-refractivity contribution in [2.75, 3.05) is 9.80 Å². The number of amides is 2. The number of benzene rings is 6.